The summed E-state index contributed by atoms with van der Waals surface area (Å²) in [6.07, 6.45) is 2.05. The first-order valence-electron chi connectivity index (χ1n) is 9.88. The van der Waals surface area contributed by atoms with E-state index in [1.807, 2.05) is 4.90 Å². The SMILES string of the molecule is CC(C)N1CC[C@H](CNC(=O)NC[C@H]2CCN(c3ccc(F)c(F)c3)C2)C1. The second-order valence-electron chi connectivity index (χ2n) is 8.03. The molecule has 0 unspecified atom stereocenters. The summed E-state index contributed by atoms with van der Waals surface area (Å²) in [4.78, 5) is 16.5. The third kappa shape index (κ3) is 5.31. The maximum absolute atomic E-state index is 13.4. The highest BCUT2D eigenvalue weighted by Crippen LogP contribution is 2.25. The number of halogens is 2. The first-order chi connectivity index (χ1) is 12.9. The zero-order valence-corrected chi connectivity index (χ0v) is 16.2. The molecule has 0 bridgehead atoms. The van der Waals surface area contributed by atoms with E-state index in [2.05, 4.69) is 29.4 Å². The van der Waals surface area contributed by atoms with Crippen molar-refractivity contribution >= 4 is 11.7 Å². The summed E-state index contributed by atoms with van der Waals surface area (Å²) in [5.74, 6) is -0.816. The lowest BCUT2D eigenvalue weighted by Gasteiger charge is -2.20. The van der Waals surface area contributed by atoms with E-state index >= 15 is 0 Å². The molecule has 2 aliphatic heterocycles. The molecule has 7 heteroatoms. The number of likely N-dealkylation sites (tertiary alicyclic amines) is 1. The van der Waals surface area contributed by atoms with E-state index in [9.17, 15) is 13.6 Å². The summed E-state index contributed by atoms with van der Waals surface area (Å²) in [5.41, 5.74) is 0.691. The molecule has 0 aromatic heterocycles. The maximum Gasteiger partial charge on any atom is 0.314 e. The summed E-state index contributed by atoms with van der Waals surface area (Å²) >= 11 is 0. The Hall–Kier alpha value is -1.89. The normalized spacial score (nSPS) is 23.2. The Labute approximate surface area is 160 Å². The number of rotatable bonds is 6. The minimum atomic E-state index is -0.827. The van der Waals surface area contributed by atoms with Gasteiger partial charge in [-0.2, -0.15) is 0 Å². The summed E-state index contributed by atoms with van der Waals surface area (Å²) in [7, 11) is 0. The van der Waals surface area contributed by atoms with Gasteiger partial charge in [0.2, 0.25) is 0 Å². The van der Waals surface area contributed by atoms with E-state index in [0.717, 1.165) is 45.1 Å². The molecule has 1 aromatic carbocycles. The van der Waals surface area contributed by atoms with Gasteiger partial charge in [0.25, 0.3) is 0 Å². The number of hydrogen-bond acceptors (Lipinski definition) is 3. The Morgan fingerprint density at radius 3 is 2.37 bits per heavy atom. The Bertz CT molecular complexity index is 655. The summed E-state index contributed by atoms with van der Waals surface area (Å²) in [6.45, 7) is 9.37. The van der Waals surface area contributed by atoms with Crippen molar-refractivity contribution in [3.63, 3.8) is 0 Å². The van der Waals surface area contributed by atoms with Gasteiger partial charge in [0.15, 0.2) is 11.6 Å². The zero-order chi connectivity index (χ0) is 19.4. The van der Waals surface area contributed by atoms with E-state index in [-0.39, 0.29) is 6.03 Å². The van der Waals surface area contributed by atoms with E-state index in [4.69, 9.17) is 0 Å². The van der Waals surface area contributed by atoms with E-state index in [0.29, 0.717) is 36.7 Å². The Kier molecular flexibility index (Phi) is 6.52. The molecule has 1 aromatic rings. The van der Waals surface area contributed by atoms with Crippen LogP contribution in [0.2, 0.25) is 0 Å². The quantitative estimate of drug-likeness (QED) is 0.798. The highest BCUT2D eigenvalue weighted by Gasteiger charge is 2.26. The molecule has 0 aliphatic carbocycles. The summed E-state index contributed by atoms with van der Waals surface area (Å²) in [6, 6.07) is 4.43. The number of nitrogens with zero attached hydrogens (tertiary/aromatic N) is 2. The monoisotopic (exact) mass is 380 g/mol. The van der Waals surface area contributed by atoms with Gasteiger partial charge in [0, 0.05) is 50.5 Å². The van der Waals surface area contributed by atoms with Crippen LogP contribution in [0.1, 0.15) is 26.7 Å². The van der Waals surface area contributed by atoms with Gasteiger partial charge < -0.3 is 20.4 Å². The van der Waals surface area contributed by atoms with Crippen molar-refractivity contribution < 1.29 is 13.6 Å². The van der Waals surface area contributed by atoms with E-state index in [1.54, 1.807) is 6.07 Å². The molecule has 2 fully saturated rings. The van der Waals surface area contributed by atoms with Crippen LogP contribution in [0.15, 0.2) is 18.2 Å². The number of hydrogen-bond donors (Lipinski definition) is 2. The maximum atomic E-state index is 13.4. The second kappa shape index (κ2) is 8.87. The minimum absolute atomic E-state index is 0.121. The molecule has 0 radical (unpaired) electrons. The standard InChI is InChI=1S/C20H30F2N4O/c1-14(2)25-7-5-15(12-25)10-23-20(27)24-11-16-6-8-26(13-16)17-3-4-18(21)19(22)9-17/h3-4,9,14-16H,5-8,10-13H2,1-2H3,(H2,23,24,27)/t15-,16-/m1/s1. The van der Waals surface area contributed by atoms with Crippen LogP contribution in [0.5, 0.6) is 0 Å². The molecule has 0 saturated carbocycles. The lowest BCUT2D eigenvalue weighted by molar-refractivity contribution is 0.235. The highest BCUT2D eigenvalue weighted by molar-refractivity contribution is 5.73. The van der Waals surface area contributed by atoms with Gasteiger partial charge in [-0.1, -0.05) is 0 Å². The van der Waals surface area contributed by atoms with Crippen LogP contribution >= 0.6 is 0 Å². The predicted octanol–water partition coefficient (Wildman–Crippen LogP) is 2.82. The molecular formula is C20H30F2N4O. The van der Waals surface area contributed by atoms with Crippen LogP contribution in [0.25, 0.3) is 0 Å². The molecule has 5 nitrogen and oxygen atoms in total. The van der Waals surface area contributed by atoms with Crippen LogP contribution in [-0.2, 0) is 0 Å². The van der Waals surface area contributed by atoms with E-state index < -0.39 is 11.6 Å². The molecule has 2 saturated heterocycles. The second-order valence-corrected chi connectivity index (χ2v) is 8.03. The third-order valence-electron chi connectivity index (χ3n) is 5.70. The molecular weight excluding hydrogens is 350 g/mol. The van der Waals surface area contributed by atoms with Crippen LogP contribution in [-0.4, -0.2) is 56.2 Å². The van der Waals surface area contributed by atoms with Crippen molar-refractivity contribution in [1.29, 1.82) is 0 Å². The van der Waals surface area contributed by atoms with Crippen molar-refractivity contribution in [2.45, 2.75) is 32.7 Å². The van der Waals surface area contributed by atoms with Crippen LogP contribution in [0, 0.1) is 23.5 Å². The van der Waals surface area contributed by atoms with Crippen LogP contribution in [0.4, 0.5) is 19.3 Å². The number of carbonyl (C=O) groups excluding carboxylic acids is 1. The van der Waals surface area contributed by atoms with Crippen molar-refractivity contribution in [2.75, 3.05) is 44.2 Å². The molecule has 2 aliphatic rings. The molecule has 2 atom stereocenters. The van der Waals surface area contributed by atoms with Gasteiger partial charge in [-0.05, 0) is 57.2 Å². The molecule has 3 rings (SSSR count). The smallest absolute Gasteiger partial charge is 0.314 e. The first-order valence-corrected chi connectivity index (χ1v) is 9.88. The van der Waals surface area contributed by atoms with Crippen molar-refractivity contribution in [3.8, 4) is 0 Å². The predicted molar refractivity (Wildman–Crippen MR) is 103 cm³/mol. The first kappa shape index (κ1) is 19.9. The topological polar surface area (TPSA) is 47.6 Å². The minimum Gasteiger partial charge on any atom is -0.371 e. The average molecular weight is 380 g/mol. The average Bonchev–Trinajstić information content (AvgIpc) is 3.30. The van der Waals surface area contributed by atoms with Crippen molar-refractivity contribution in [2.24, 2.45) is 11.8 Å². The Balaban J connectivity index is 1.35. The Morgan fingerprint density at radius 2 is 1.74 bits per heavy atom. The van der Waals surface area contributed by atoms with E-state index in [1.165, 1.54) is 6.07 Å². The largest absolute Gasteiger partial charge is 0.371 e. The fourth-order valence-corrected chi connectivity index (χ4v) is 3.95. The van der Waals surface area contributed by atoms with Gasteiger partial charge in [-0.25, -0.2) is 13.6 Å². The molecule has 2 N–H and O–H groups in total. The fourth-order valence-electron chi connectivity index (χ4n) is 3.95. The van der Waals surface area contributed by atoms with Crippen LogP contribution < -0.4 is 15.5 Å². The fraction of sp³-hybridized carbons (Fsp3) is 0.650. The van der Waals surface area contributed by atoms with Crippen LogP contribution in [0.3, 0.4) is 0 Å². The van der Waals surface area contributed by atoms with Gasteiger partial charge in [-0.3, -0.25) is 0 Å². The number of amides is 2. The van der Waals surface area contributed by atoms with Crippen molar-refractivity contribution in [1.82, 2.24) is 15.5 Å². The van der Waals surface area contributed by atoms with Gasteiger partial charge in [0.05, 0.1) is 0 Å². The zero-order valence-electron chi connectivity index (χ0n) is 16.2. The summed E-state index contributed by atoms with van der Waals surface area (Å²) in [5, 5.41) is 5.93. The number of carbonyl (C=O) groups is 1. The number of nitrogens with one attached hydrogen (secondary N) is 2. The molecule has 27 heavy (non-hydrogen) atoms. The molecule has 2 heterocycles. The lowest BCUT2D eigenvalue weighted by atomic mass is 10.1. The number of anilines is 1. The van der Waals surface area contributed by atoms with Gasteiger partial charge in [0.1, 0.15) is 0 Å². The van der Waals surface area contributed by atoms with Gasteiger partial charge in [-0.15, -0.1) is 0 Å². The lowest BCUT2D eigenvalue weighted by Crippen LogP contribution is -2.41. The number of benzene rings is 1. The third-order valence-corrected chi connectivity index (χ3v) is 5.70. The molecule has 0 spiro atoms. The van der Waals surface area contributed by atoms with Gasteiger partial charge >= 0.3 is 6.03 Å². The molecule has 2 amide bonds. The highest BCUT2D eigenvalue weighted by atomic mass is 19.2. The summed E-state index contributed by atoms with van der Waals surface area (Å²) < 4.78 is 26.5. The van der Waals surface area contributed by atoms with Crippen molar-refractivity contribution in [3.05, 3.63) is 29.8 Å². The Morgan fingerprint density at radius 1 is 1.07 bits per heavy atom. The number of urea groups is 1. The molecule has 150 valence electrons.